The number of thiazole rings is 1. The van der Waals surface area contributed by atoms with Gasteiger partial charge in [-0.15, -0.1) is 0 Å². The van der Waals surface area contributed by atoms with E-state index in [2.05, 4.69) is 15.4 Å². The second kappa shape index (κ2) is 9.26. The van der Waals surface area contributed by atoms with Crippen molar-refractivity contribution in [3.05, 3.63) is 89.6 Å². The molecule has 6 rings (SSSR count). The molecule has 0 unspecified atom stereocenters. The summed E-state index contributed by atoms with van der Waals surface area (Å²) in [4.78, 5) is 17.9. The van der Waals surface area contributed by atoms with Gasteiger partial charge in [-0.3, -0.25) is 9.10 Å². The van der Waals surface area contributed by atoms with Gasteiger partial charge < -0.3 is 10.1 Å². The van der Waals surface area contributed by atoms with Gasteiger partial charge in [-0.05, 0) is 67.4 Å². The van der Waals surface area contributed by atoms with E-state index in [9.17, 15) is 13.2 Å². The first-order valence-corrected chi connectivity index (χ1v) is 14.1. The van der Waals surface area contributed by atoms with Crippen LogP contribution in [0.25, 0.3) is 15.3 Å². The van der Waals surface area contributed by atoms with Crippen molar-refractivity contribution in [1.82, 2.24) is 14.8 Å². The summed E-state index contributed by atoms with van der Waals surface area (Å²) in [6.45, 7) is 2.23. The Balaban J connectivity index is 1.24. The van der Waals surface area contributed by atoms with Crippen LogP contribution in [0.15, 0.2) is 77.7 Å². The van der Waals surface area contributed by atoms with Gasteiger partial charge in [0.15, 0.2) is 0 Å². The average Bonchev–Trinajstić information content (AvgIpc) is 3.64. The van der Waals surface area contributed by atoms with Gasteiger partial charge in [-0.2, -0.15) is 9.78 Å². The molecule has 0 atom stereocenters. The summed E-state index contributed by atoms with van der Waals surface area (Å²) in [7, 11) is -2.13. The number of benzene rings is 3. The summed E-state index contributed by atoms with van der Waals surface area (Å²) in [6, 6.07) is 20.8. The van der Waals surface area contributed by atoms with Crippen LogP contribution in [0.1, 0.15) is 21.6 Å². The number of aryl methyl sites for hydroxylation is 1. The van der Waals surface area contributed by atoms with E-state index in [0.717, 1.165) is 21.5 Å². The molecule has 3 aromatic carbocycles. The molecule has 3 heterocycles. The number of methoxy groups -OCH3 is 1. The van der Waals surface area contributed by atoms with Crippen molar-refractivity contribution >= 4 is 49.0 Å². The van der Waals surface area contributed by atoms with Gasteiger partial charge in [0.25, 0.3) is 15.9 Å². The maximum atomic E-state index is 13.3. The first-order valence-electron chi connectivity index (χ1n) is 11.9. The van der Waals surface area contributed by atoms with E-state index >= 15 is 0 Å². The molecule has 9 nitrogen and oxygen atoms in total. The van der Waals surface area contributed by atoms with E-state index in [-0.39, 0.29) is 10.8 Å². The zero-order valence-corrected chi connectivity index (χ0v) is 22.2. The van der Waals surface area contributed by atoms with Crippen molar-refractivity contribution in [3.63, 3.8) is 0 Å². The number of hydrogen-bond donors (Lipinski definition) is 1. The van der Waals surface area contributed by atoms with Crippen LogP contribution >= 0.6 is 11.3 Å². The largest absolute Gasteiger partial charge is 0.497 e. The number of para-hydroxylation sites is 1. The molecule has 0 saturated carbocycles. The maximum absolute atomic E-state index is 13.3. The number of rotatable bonds is 6. The summed E-state index contributed by atoms with van der Waals surface area (Å²) in [5, 5.41) is 7.99. The maximum Gasteiger partial charge on any atom is 0.264 e. The van der Waals surface area contributed by atoms with Crippen LogP contribution in [0.5, 0.6) is 5.75 Å². The van der Waals surface area contributed by atoms with Crippen LogP contribution in [0.2, 0.25) is 0 Å². The molecule has 192 valence electrons. The fourth-order valence-corrected chi connectivity index (χ4v) is 6.96. The van der Waals surface area contributed by atoms with Gasteiger partial charge in [0.05, 0.1) is 33.6 Å². The number of nitrogens with one attached hydrogen (secondary N) is 1. The van der Waals surface area contributed by atoms with Crippen molar-refractivity contribution in [2.45, 2.75) is 18.2 Å². The van der Waals surface area contributed by atoms with Crippen molar-refractivity contribution in [2.75, 3.05) is 23.3 Å². The van der Waals surface area contributed by atoms with E-state index in [1.54, 1.807) is 17.9 Å². The topological polar surface area (TPSA) is 106 Å². The fraction of sp³-hybridized carbons (Fsp3) is 0.148. The molecule has 0 aliphatic carbocycles. The standard InChI is InChI=1S/C27H23N5O4S2/c1-17-15-25(32(30-17)27-28-22-12-9-20(36-2)16-24(22)37-27)29-26(33)19-7-10-21(11-8-19)38(34,35)31-14-13-18-5-3-4-6-23(18)31/h3-12,15-16H,13-14H2,1-2H3,(H,29,33). The van der Waals surface area contributed by atoms with Gasteiger partial charge in [0.2, 0.25) is 5.13 Å². The van der Waals surface area contributed by atoms with E-state index < -0.39 is 10.0 Å². The Kier molecular flexibility index (Phi) is 5.88. The summed E-state index contributed by atoms with van der Waals surface area (Å²) in [5.74, 6) is 0.811. The second-order valence-electron chi connectivity index (χ2n) is 8.85. The van der Waals surface area contributed by atoms with Crippen molar-refractivity contribution < 1.29 is 17.9 Å². The highest BCUT2D eigenvalue weighted by molar-refractivity contribution is 7.92. The summed E-state index contributed by atoms with van der Waals surface area (Å²) >= 11 is 1.43. The number of carbonyl (C=O) groups excluding carboxylic acids is 1. The summed E-state index contributed by atoms with van der Waals surface area (Å²) in [6.07, 6.45) is 0.672. The summed E-state index contributed by atoms with van der Waals surface area (Å²) in [5.41, 5.74) is 3.54. The molecule has 11 heteroatoms. The minimum absolute atomic E-state index is 0.136. The third kappa shape index (κ3) is 4.19. The van der Waals surface area contributed by atoms with Crippen LogP contribution in [0.3, 0.4) is 0 Å². The smallest absolute Gasteiger partial charge is 0.264 e. The van der Waals surface area contributed by atoms with Crippen LogP contribution in [0, 0.1) is 6.92 Å². The molecule has 0 spiro atoms. The zero-order valence-electron chi connectivity index (χ0n) is 20.6. The third-order valence-corrected chi connectivity index (χ3v) is 9.21. The first kappa shape index (κ1) is 24.1. The van der Waals surface area contributed by atoms with Gasteiger partial charge >= 0.3 is 0 Å². The highest BCUT2D eigenvalue weighted by Crippen LogP contribution is 2.33. The van der Waals surface area contributed by atoms with Gasteiger partial charge in [0, 0.05) is 18.2 Å². The lowest BCUT2D eigenvalue weighted by Gasteiger charge is -2.19. The number of anilines is 2. The van der Waals surface area contributed by atoms with Crippen molar-refractivity contribution in [2.24, 2.45) is 0 Å². The number of aromatic nitrogens is 3. The quantitative estimate of drug-likeness (QED) is 0.329. The van der Waals surface area contributed by atoms with E-state index in [1.165, 1.54) is 39.9 Å². The van der Waals surface area contributed by atoms with Gasteiger partial charge in [0.1, 0.15) is 11.6 Å². The van der Waals surface area contributed by atoms with Crippen LogP contribution in [-0.2, 0) is 16.4 Å². The molecular formula is C27H23N5O4S2. The lowest BCUT2D eigenvalue weighted by Crippen LogP contribution is -2.29. The Labute approximate surface area is 223 Å². The van der Waals surface area contributed by atoms with E-state index in [0.29, 0.717) is 40.9 Å². The van der Waals surface area contributed by atoms with Crippen LogP contribution in [-0.4, -0.2) is 42.7 Å². The van der Waals surface area contributed by atoms with Gasteiger partial charge in [-0.25, -0.2) is 13.4 Å². The highest BCUT2D eigenvalue weighted by atomic mass is 32.2. The zero-order chi connectivity index (χ0) is 26.4. The molecule has 5 aromatic rings. The predicted octanol–water partition coefficient (Wildman–Crippen LogP) is 4.80. The number of hydrogen-bond acceptors (Lipinski definition) is 7. The normalized spacial score (nSPS) is 13.1. The molecule has 0 fully saturated rings. The number of ether oxygens (including phenoxy) is 1. The Morgan fingerprint density at radius 1 is 1.05 bits per heavy atom. The van der Waals surface area contributed by atoms with Crippen LogP contribution < -0.4 is 14.4 Å². The van der Waals surface area contributed by atoms with Crippen molar-refractivity contribution in [1.29, 1.82) is 0 Å². The molecule has 2 aromatic heterocycles. The minimum atomic E-state index is -3.74. The Morgan fingerprint density at radius 2 is 1.84 bits per heavy atom. The Hall–Kier alpha value is -4.22. The van der Waals surface area contributed by atoms with Crippen LogP contribution in [0.4, 0.5) is 11.5 Å². The lowest BCUT2D eigenvalue weighted by molar-refractivity contribution is 0.102. The molecule has 1 aliphatic rings. The molecular weight excluding hydrogens is 522 g/mol. The highest BCUT2D eigenvalue weighted by Gasteiger charge is 2.30. The number of fused-ring (bicyclic) bond motifs is 2. The van der Waals surface area contributed by atoms with E-state index in [1.807, 2.05) is 49.4 Å². The van der Waals surface area contributed by atoms with Crippen molar-refractivity contribution in [3.8, 4) is 10.9 Å². The molecule has 0 bridgehead atoms. The number of carbonyl (C=O) groups is 1. The second-order valence-corrected chi connectivity index (χ2v) is 11.7. The average molecular weight is 546 g/mol. The summed E-state index contributed by atoms with van der Waals surface area (Å²) < 4.78 is 35.8. The molecule has 1 amide bonds. The monoisotopic (exact) mass is 545 g/mol. The molecule has 0 radical (unpaired) electrons. The molecule has 38 heavy (non-hydrogen) atoms. The number of amides is 1. The molecule has 1 aliphatic heterocycles. The number of sulfonamides is 1. The minimum Gasteiger partial charge on any atom is -0.497 e. The number of nitrogens with zero attached hydrogens (tertiary/aromatic N) is 4. The predicted molar refractivity (Wildman–Crippen MR) is 147 cm³/mol. The van der Waals surface area contributed by atoms with E-state index in [4.69, 9.17) is 4.74 Å². The molecule has 0 saturated heterocycles. The molecule has 1 N–H and O–H groups in total. The Bertz CT molecular complexity index is 1790. The van der Waals surface area contributed by atoms with Gasteiger partial charge in [-0.1, -0.05) is 29.5 Å². The fourth-order valence-electron chi connectivity index (χ4n) is 4.50. The first-order chi connectivity index (χ1) is 18.3. The SMILES string of the molecule is COc1ccc2nc(-n3nc(C)cc3NC(=O)c3ccc(S(=O)(=O)N4CCc5ccccc54)cc3)sc2c1. The Morgan fingerprint density at radius 3 is 2.63 bits per heavy atom. The third-order valence-electron chi connectivity index (χ3n) is 6.39. The lowest BCUT2D eigenvalue weighted by atomic mass is 10.2.